The molecule has 0 saturated carbocycles. The van der Waals surface area contributed by atoms with Gasteiger partial charge in [0.15, 0.2) is 0 Å². The number of nitrogens with one attached hydrogen (secondary N) is 2. The van der Waals surface area contributed by atoms with Gasteiger partial charge in [-0.2, -0.15) is 0 Å². The highest BCUT2D eigenvalue weighted by Gasteiger charge is 2.29. The minimum atomic E-state index is -0.476. The standard InChI is InChI=1S/C18H14BrClN4O2S/c19-10-1-4-16-22-12(9-24(16)8-10)7-21-17(25)6-15-18(26)23-13-5-11(20)2-3-14(13)27-15/h1-5,8-9,15H,6-7H2,(H,21,25)(H,23,26). The van der Waals surface area contributed by atoms with E-state index in [-0.39, 0.29) is 18.2 Å². The molecule has 9 heteroatoms. The molecule has 0 radical (unpaired) electrons. The third-order valence-electron chi connectivity index (χ3n) is 4.06. The van der Waals surface area contributed by atoms with Crippen molar-refractivity contribution >= 4 is 62.4 Å². The molecule has 1 aliphatic rings. The fraction of sp³-hybridized carbons (Fsp3) is 0.167. The number of amides is 2. The van der Waals surface area contributed by atoms with Crippen molar-refractivity contribution in [3.8, 4) is 0 Å². The van der Waals surface area contributed by atoms with Crippen LogP contribution in [0.3, 0.4) is 0 Å². The molecule has 1 atom stereocenters. The molecule has 0 spiro atoms. The average Bonchev–Trinajstić information content (AvgIpc) is 3.03. The number of carbonyl (C=O) groups is 2. The molecule has 3 aromatic rings. The summed E-state index contributed by atoms with van der Waals surface area (Å²) in [5.41, 5.74) is 2.24. The summed E-state index contributed by atoms with van der Waals surface area (Å²) in [4.78, 5) is 29.9. The lowest BCUT2D eigenvalue weighted by molar-refractivity contribution is -0.124. The molecule has 27 heavy (non-hydrogen) atoms. The predicted octanol–water partition coefficient (Wildman–Crippen LogP) is 3.87. The van der Waals surface area contributed by atoms with Crippen molar-refractivity contribution in [1.82, 2.24) is 14.7 Å². The summed E-state index contributed by atoms with van der Waals surface area (Å²) in [7, 11) is 0. The van der Waals surface area contributed by atoms with Gasteiger partial charge in [0.05, 0.1) is 23.2 Å². The van der Waals surface area contributed by atoms with Gasteiger partial charge in [-0.1, -0.05) is 11.6 Å². The van der Waals surface area contributed by atoms with Crippen molar-refractivity contribution in [2.45, 2.75) is 23.1 Å². The van der Waals surface area contributed by atoms with Crippen LogP contribution >= 0.6 is 39.3 Å². The van der Waals surface area contributed by atoms with E-state index in [1.54, 1.807) is 12.1 Å². The Morgan fingerprint density at radius 2 is 2.19 bits per heavy atom. The smallest absolute Gasteiger partial charge is 0.238 e. The molecule has 4 rings (SSSR count). The highest BCUT2D eigenvalue weighted by atomic mass is 79.9. The van der Waals surface area contributed by atoms with E-state index in [0.717, 1.165) is 20.7 Å². The lowest BCUT2D eigenvalue weighted by Crippen LogP contribution is -2.34. The molecular formula is C18H14BrClN4O2S. The lowest BCUT2D eigenvalue weighted by atomic mass is 10.2. The van der Waals surface area contributed by atoms with Gasteiger partial charge in [0.2, 0.25) is 11.8 Å². The molecule has 138 valence electrons. The van der Waals surface area contributed by atoms with Crippen LogP contribution in [0.4, 0.5) is 5.69 Å². The molecule has 6 nitrogen and oxygen atoms in total. The predicted molar refractivity (Wildman–Crippen MR) is 109 cm³/mol. The number of hydrogen-bond acceptors (Lipinski definition) is 4. The van der Waals surface area contributed by atoms with E-state index in [4.69, 9.17) is 11.6 Å². The van der Waals surface area contributed by atoms with Crippen LogP contribution in [0.2, 0.25) is 5.02 Å². The van der Waals surface area contributed by atoms with E-state index < -0.39 is 5.25 Å². The average molecular weight is 466 g/mol. The van der Waals surface area contributed by atoms with E-state index in [2.05, 4.69) is 31.5 Å². The van der Waals surface area contributed by atoms with Gasteiger partial charge >= 0.3 is 0 Å². The third kappa shape index (κ3) is 4.12. The lowest BCUT2D eigenvalue weighted by Gasteiger charge is -2.23. The first kappa shape index (κ1) is 18.3. The maximum absolute atomic E-state index is 12.3. The van der Waals surface area contributed by atoms with Crippen LogP contribution in [0.25, 0.3) is 5.65 Å². The Morgan fingerprint density at radius 1 is 1.33 bits per heavy atom. The van der Waals surface area contributed by atoms with Gasteiger partial charge in [-0.25, -0.2) is 4.98 Å². The van der Waals surface area contributed by atoms with Crippen LogP contribution in [0, 0.1) is 0 Å². The number of carbonyl (C=O) groups excluding carboxylic acids is 2. The Labute approximate surface area is 172 Å². The van der Waals surface area contributed by atoms with Crippen LogP contribution < -0.4 is 10.6 Å². The number of anilines is 1. The number of nitrogens with zero attached hydrogens (tertiary/aromatic N) is 2. The molecular weight excluding hydrogens is 452 g/mol. The second kappa shape index (κ2) is 7.53. The van der Waals surface area contributed by atoms with Gasteiger partial charge < -0.3 is 15.0 Å². The molecule has 0 saturated heterocycles. The number of aromatic nitrogens is 2. The molecule has 1 unspecified atom stereocenters. The van der Waals surface area contributed by atoms with E-state index in [1.165, 1.54) is 11.8 Å². The van der Waals surface area contributed by atoms with Crippen LogP contribution in [0.5, 0.6) is 0 Å². The third-order valence-corrected chi connectivity index (χ3v) is 6.04. The van der Waals surface area contributed by atoms with Gasteiger partial charge in [-0.3, -0.25) is 9.59 Å². The second-order valence-corrected chi connectivity index (χ2v) is 8.66. The van der Waals surface area contributed by atoms with Crippen LogP contribution in [-0.2, 0) is 16.1 Å². The number of fused-ring (bicyclic) bond motifs is 2. The van der Waals surface area contributed by atoms with Crippen molar-refractivity contribution < 1.29 is 9.59 Å². The van der Waals surface area contributed by atoms with E-state index in [1.807, 2.05) is 35.0 Å². The van der Waals surface area contributed by atoms with Gasteiger partial charge in [0, 0.05) is 33.2 Å². The van der Waals surface area contributed by atoms with E-state index in [9.17, 15) is 9.59 Å². The summed E-state index contributed by atoms with van der Waals surface area (Å²) in [6, 6.07) is 9.13. The van der Waals surface area contributed by atoms with Crippen molar-refractivity contribution in [2.75, 3.05) is 5.32 Å². The highest BCUT2D eigenvalue weighted by Crippen LogP contribution is 2.38. The summed E-state index contributed by atoms with van der Waals surface area (Å²) < 4.78 is 2.84. The molecule has 2 aromatic heterocycles. The fourth-order valence-corrected chi connectivity index (χ4v) is 4.40. The van der Waals surface area contributed by atoms with Crippen molar-refractivity contribution in [3.05, 3.63) is 57.9 Å². The topological polar surface area (TPSA) is 75.5 Å². The first-order valence-electron chi connectivity index (χ1n) is 8.15. The van der Waals surface area contributed by atoms with Crippen LogP contribution in [0.1, 0.15) is 12.1 Å². The molecule has 0 aliphatic carbocycles. The van der Waals surface area contributed by atoms with E-state index >= 15 is 0 Å². The zero-order chi connectivity index (χ0) is 19.0. The van der Waals surface area contributed by atoms with Crippen molar-refractivity contribution in [2.24, 2.45) is 0 Å². The first-order chi connectivity index (χ1) is 13.0. The summed E-state index contributed by atoms with van der Waals surface area (Å²) >= 11 is 10.7. The van der Waals surface area contributed by atoms with Crippen molar-refractivity contribution in [1.29, 1.82) is 0 Å². The SMILES string of the molecule is O=C(CC1Sc2ccc(Cl)cc2NC1=O)NCc1cn2cc(Br)ccc2n1. The van der Waals surface area contributed by atoms with Crippen LogP contribution in [-0.4, -0.2) is 26.4 Å². The minimum Gasteiger partial charge on any atom is -0.350 e. The minimum absolute atomic E-state index is 0.0947. The largest absolute Gasteiger partial charge is 0.350 e. The molecule has 0 bridgehead atoms. The monoisotopic (exact) mass is 464 g/mol. The van der Waals surface area contributed by atoms with Gasteiger partial charge in [-0.05, 0) is 46.3 Å². The molecule has 1 aliphatic heterocycles. The number of imidazole rings is 1. The molecule has 2 N–H and O–H groups in total. The number of thioether (sulfide) groups is 1. The number of pyridine rings is 1. The van der Waals surface area contributed by atoms with Gasteiger partial charge in [0.1, 0.15) is 5.65 Å². The Kier molecular flexibility index (Phi) is 5.12. The fourth-order valence-electron chi connectivity index (χ4n) is 2.79. The summed E-state index contributed by atoms with van der Waals surface area (Å²) in [5.74, 6) is -0.388. The highest BCUT2D eigenvalue weighted by molar-refractivity contribution is 9.10. The number of rotatable bonds is 4. The molecule has 0 fully saturated rings. The summed E-state index contributed by atoms with van der Waals surface area (Å²) in [6.45, 7) is 0.309. The van der Waals surface area contributed by atoms with Crippen LogP contribution in [0.15, 0.2) is 52.1 Å². The molecule has 2 amide bonds. The second-order valence-electron chi connectivity index (χ2n) is 6.06. The quantitative estimate of drug-likeness (QED) is 0.613. The Balaban J connectivity index is 1.37. The maximum atomic E-state index is 12.3. The Bertz CT molecular complexity index is 1060. The summed E-state index contributed by atoms with van der Waals surface area (Å²) in [6.07, 6.45) is 3.86. The maximum Gasteiger partial charge on any atom is 0.238 e. The summed E-state index contributed by atoms with van der Waals surface area (Å²) in [5, 5.41) is 5.73. The van der Waals surface area contributed by atoms with E-state index in [0.29, 0.717) is 17.3 Å². The normalized spacial score (nSPS) is 16.1. The first-order valence-corrected chi connectivity index (χ1v) is 10.2. The molecule has 1 aromatic carbocycles. The number of halogens is 2. The Morgan fingerprint density at radius 3 is 3.04 bits per heavy atom. The van der Waals surface area contributed by atoms with Gasteiger partial charge in [-0.15, -0.1) is 11.8 Å². The number of hydrogen-bond donors (Lipinski definition) is 2. The van der Waals surface area contributed by atoms with Crippen molar-refractivity contribution in [3.63, 3.8) is 0 Å². The van der Waals surface area contributed by atoms with Gasteiger partial charge in [0.25, 0.3) is 0 Å². The zero-order valence-electron chi connectivity index (χ0n) is 13.9. The molecule has 3 heterocycles. The Hall–Kier alpha value is -2.03. The number of benzene rings is 1. The zero-order valence-corrected chi connectivity index (χ0v) is 17.1.